The highest BCUT2D eigenvalue weighted by Gasteiger charge is 2.27. The number of amides is 1. The number of benzene rings is 2. The molecule has 0 aliphatic heterocycles. The van der Waals surface area contributed by atoms with Crippen molar-refractivity contribution in [2.75, 3.05) is 44.1 Å². The Kier molecular flexibility index (Phi) is 7.18. The number of rotatable bonds is 8. The van der Waals surface area contributed by atoms with Gasteiger partial charge in [-0.15, -0.1) is 11.8 Å². The van der Waals surface area contributed by atoms with E-state index in [0.29, 0.717) is 18.2 Å². The van der Waals surface area contributed by atoms with E-state index in [9.17, 15) is 13.2 Å². The number of sulfone groups is 1. The molecule has 9 heteroatoms. The lowest BCUT2D eigenvalue weighted by molar-refractivity contribution is 0.0982. The van der Waals surface area contributed by atoms with E-state index in [1.807, 2.05) is 43.5 Å². The molecule has 160 valence electrons. The number of thiazole rings is 1. The highest BCUT2D eigenvalue weighted by molar-refractivity contribution is 7.98. The number of carbonyl (C=O) groups excluding carboxylic acids is 1. The quantitative estimate of drug-likeness (QED) is 0.470. The lowest BCUT2D eigenvalue weighted by Crippen LogP contribution is -2.37. The number of anilines is 1. The van der Waals surface area contributed by atoms with Crippen molar-refractivity contribution in [1.82, 2.24) is 9.88 Å². The molecule has 3 rings (SSSR count). The van der Waals surface area contributed by atoms with Crippen LogP contribution in [-0.4, -0.2) is 63.4 Å². The summed E-state index contributed by atoms with van der Waals surface area (Å²) in [4.78, 5) is 23.0. The maximum atomic E-state index is 13.6. The molecule has 30 heavy (non-hydrogen) atoms. The molecule has 1 heterocycles. The second-order valence-electron chi connectivity index (χ2n) is 6.96. The number of fused-ring (bicyclic) bond motifs is 1. The fraction of sp³-hybridized carbons (Fsp3) is 0.333. The minimum Gasteiger partial charge on any atom is -0.308 e. The van der Waals surface area contributed by atoms with Crippen LogP contribution in [0.15, 0.2) is 52.3 Å². The van der Waals surface area contributed by atoms with E-state index in [1.165, 1.54) is 17.4 Å². The van der Waals surface area contributed by atoms with Crippen LogP contribution in [0.4, 0.5) is 5.13 Å². The molecule has 0 bridgehead atoms. The van der Waals surface area contributed by atoms with Gasteiger partial charge in [0.05, 0.1) is 26.4 Å². The summed E-state index contributed by atoms with van der Waals surface area (Å²) in [5.41, 5.74) is 1.05. The molecule has 0 spiro atoms. The van der Waals surface area contributed by atoms with Crippen molar-refractivity contribution in [2.45, 2.75) is 16.7 Å². The Morgan fingerprint density at radius 3 is 2.50 bits per heavy atom. The molecule has 1 amide bonds. The monoisotopic (exact) mass is 463 g/mol. The SMILES string of the molecule is CCS(=O)(=O)c1ccccc1C(=O)N(CCN(C)C)c1nc2c(SC)cccc2s1. The fourth-order valence-corrected chi connectivity index (χ4v) is 5.72. The lowest BCUT2D eigenvalue weighted by Gasteiger charge is -2.23. The molecule has 0 N–H and O–H groups in total. The highest BCUT2D eigenvalue weighted by Crippen LogP contribution is 2.35. The van der Waals surface area contributed by atoms with E-state index < -0.39 is 9.84 Å². The van der Waals surface area contributed by atoms with Crippen molar-refractivity contribution in [1.29, 1.82) is 0 Å². The lowest BCUT2D eigenvalue weighted by atomic mass is 10.2. The maximum absolute atomic E-state index is 13.6. The molecule has 0 saturated carbocycles. The fourth-order valence-electron chi connectivity index (χ4n) is 2.99. The first kappa shape index (κ1) is 22.7. The summed E-state index contributed by atoms with van der Waals surface area (Å²) in [5.74, 6) is -0.415. The molecule has 0 unspecified atom stereocenters. The number of hydrogen-bond donors (Lipinski definition) is 0. The molecule has 0 radical (unpaired) electrons. The Hall–Kier alpha value is -1.94. The van der Waals surface area contributed by atoms with Gasteiger partial charge in [-0.05, 0) is 44.6 Å². The van der Waals surface area contributed by atoms with Crippen molar-refractivity contribution >= 4 is 54.2 Å². The Morgan fingerprint density at radius 1 is 1.10 bits per heavy atom. The Morgan fingerprint density at radius 2 is 1.83 bits per heavy atom. The zero-order valence-corrected chi connectivity index (χ0v) is 19.9. The molecule has 6 nitrogen and oxygen atoms in total. The smallest absolute Gasteiger partial charge is 0.261 e. The predicted molar refractivity (Wildman–Crippen MR) is 126 cm³/mol. The standard InChI is InChI=1S/C21H25N3O3S3/c1-5-30(26,27)18-12-7-6-9-15(18)20(25)24(14-13-23(2)3)21-22-19-16(28-4)10-8-11-17(19)29-21/h6-12H,5,13-14H2,1-4H3. The van der Waals surface area contributed by atoms with Gasteiger partial charge in [-0.1, -0.05) is 36.5 Å². The number of nitrogens with zero attached hydrogens (tertiary/aromatic N) is 3. The topological polar surface area (TPSA) is 70.6 Å². The number of hydrogen-bond acceptors (Lipinski definition) is 7. The van der Waals surface area contributed by atoms with E-state index in [-0.39, 0.29) is 22.1 Å². The average Bonchev–Trinajstić information content (AvgIpc) is 3.17. The van der Waals surface area contributed by atoms with E-state index in [2.05, 4.69) is 0 Å². The Bertz CT molecular complexity index is 1160. The normalized spacial score (nSPS) is 11.9. The molecule has 0 atom stereocenters. The third-order valence-corrected chi connectivity index (χ3v) is 8.27. The van der Waals surface area contributed by atoms with Crippen LogP contribution < -0.4 is 4.90 Å². The molecular formula is C21H25N3O3S3. The van der Waals surface area contributed by atoms with Gasteiger partial charge in [0, 0.05) is 18.0 Å². The molecule has 3 aromatic rings. The van der Waals surface area contributed by atoms with Crippen molar-refractivity contribution in [3.05, 3.63) is 48.0 Å². The maximum Gasteiger partial charge on any atom is 0.261 e. The van der Waals surface area contributed by atoms with Gasteiger partial charge in [0.1, 0.15) is 0 Å². The molecule has 0 saturated heterocycles. The number of aromatic nitrogens is 1. The van der Waals surface area contributed by atoms with Crippen LogP contribution in [0, 0.1) is 0 Å². The summed E-state index contributed by atoms with van der Waals surface area (Å²) in [7, 11) is 0.331. The molecule has 0 aliphatic rings. The number of likely N-dealkylation sites (N-methyl/N-ethyl adjacent to an activating group) is 1. The summed E-state index contributed by atoms with van der Waals surface area (Å²) in [5, 5.41) is 0.571. The molecule has 0 aliphatic carbocycles. The van der Waals surface area contributed by atoms with Gasteiger partial charge in [0.15, 0.2) is 15.0 Å². The van der Waals surface area contributed by atoms with Crippen LogP contribution in [0.25, 0.3) is 10.2 Å². The first-order valence-electron chi connectivity index (χ1n) is 9.50. The third kappa shape index (κ3) is 4.69. The predicted octanol–water partition coefficient (Wildman–Crippen LogP) is 4.02. The summed E-state index contributed by atoms with van der Waals surface area (Å²) < 4.78 is 26.2. The molecular weight excluding hydrogens is 438 g/mol. The van der Waals surface area contributed by atoms with Crippen molar-refractivity contribution < 1.29 is 13.2 Å². The van der Waals surface area contributed by atoms with Crippen LogP contribution in [0.1, 0.15) is 17.3 Å². The van der Waals surface area contributed by atoms with Crippen LogP contribution in [0.3, 0.4) is 0 Å². The zero-order valence-electron chi connectivity index (χ0n) is 17.5. The van der Waals surface area contributed by atoms with Gasteiger partial charge in [-0.3, -0.25) is 9.69 Å². The number of thioether (sulfide) groups is 1. The average molecular weight is 464 g/mol. The van der Waals surface area contributed by atoms with E-state index in [0.717, 1.165) is 15.1 Å². The van der Waals surface area contributed by atoms with Crippen LogP contribution >= 0.6 is 23.1 Å². The van der Waals surface area contributed by atoms with Crippen molar-refractivity contribution in [3.8, 4) is 0 Å². The van der Waals surface area contributed by atoms with Crippen LogP contribution in [0.5, 0.6) is 0 Å². The zero-order chi connectivity index (χ0) is 21.9. The van der Waals surface area contributed by atoms with Crippen molar-refractivity contribution in [3.63, 3.8) is 0 Å². The van der Waals surface area contributed by atoms with E-state index >= 15 is 0 Å². The minimum atomic E-state index is -3.53. The molecule has 2 aromatic carbocycles. The summed E-state index contributed by atoms with van der Waals surface area (Å²) >= 11 is 3.05. The Labute approximate surface area is 185 Å². The van der Waals surface area contributed by atoms with E-state index in [1.54, 1.807) is 41.8 Å². The van der Waals surface area contributed by atoms with Gasteiger partial charge < -0.3 is 4.90 Å². The highest BCUT2D eigenvalue weighted by atomic mass is 32.2. The summed E-state index contributed by atoms with van der Waals surface area (Å²) in [6.07, 6.45) is 1.99. The van der Waals surface area contributed by atoms with Gasteiger partial charge in [0.25, 0.3) is 5.91 Å². The van der Waals surface area contributed by atoms with Crippen molar-refractivity contribution in [2.24, 2.45) is 0 Å². The largest absolute Gasteiger partial charge is 0.308 e. The van der Waals surface area contributed by atoms with Gasteiger partial charge in [0.2, 0.25) is 0 Å². The van der Waals surface area contributed by atoms with Gasteiger partial charge >= 0.3 is 0 Å². The molecule has 1 aromatic heterocycles. The second-order valence-corrected chi connectivity index (χ2v) is 11.1. The second kappa shape index (κ2) is 9.47. The molecule has 0 fully saturated rings. The number of para-hydroxylation sites is 1. The Balaban J connectivity index is 2.11. The van der Waals surface area contributed by atoms with Crippen LogP contribution in [-0.2, 0) is 9.84 Å². The van der Waals surface area contributed by atoms with Crippen LogP contribution in [0.2, 0.25) is 0 Å². The van der Waals surface area contributed by atoms with E-state index in [4.69, 9.17) is 4.98 Å². The number of carbonyl (C=O) groups is 1. The summed E-state index contributed by atoms with van der Waals surface area (Å²) in [6, 6.07) is 12.4. The van der Waals surface area contributed by atoms with Gasteiger partial charge in [-0.2, -0.15) is 0 Å². The first-order chi connectivity index (χ1) is 14.3. The van der Waals surface area contributed by atoms with Gasteiger partial charge in [-0.25, -0.2) is 13.4 Å². The summed E-state index contributed by atoms with van der Waals surface area (Å²) in [6.45, 7) is 2.61. The third-order valence-electron chi connectivity index (χ3n) is 4.67. The minimum absolute atomic E-state index is 0.0623. The first-order valence-corrected chi connectivity index (χ1v) is 13.2.